The maximum atomic E-state index is 15.0. The van der Waals surface area contributed by atoms with Crippen LogP contribution in [0, 0.1) is 17.2 Å². The largest absolute Gasteiger partial charge is 0.391 e. The van der Waals surface area contributed by atoms with E-state index in [0.29, 0.717) is 25.7 Å². The van der Waals surface area contributed by atoms with Gasteiger partial charge in [-0.15, -0.1) is 0 Å². The van der Waals surface area contributed by atoms with Crippen molar-refractivity contribution in [2.75, 3.05) is 0 Å². The Bertz CT molecular complexity index is 905. The summed E-state index contributed by atoms with van der Waals surface area (Å²) in [5.41, 5.74) is -1.86. The van der Waals surface area contributed by atoms with E-state index in [2.05, 4.69) is 10.6 Å². The number of fused-ring (bicyclic) bond motifs is 2. The first-order chi connectivity index (χ1) is 14.5. The molecule has 4 atom stereocenters. The predicted molar refractivity (Wildman–Crippen MR) is 113 cm³/mol. The van der Waals surface area contributed by atoms with E-state index in [1.807, 2.05) is 0 Å². The number of amides is 2. The van der Waals surface area contributed by atoms with E-state index in [1.165, 1.54) is 19.1 Å². The molecule has 170 valence electrons. The average molecular weight is 475 g/mol. The Kier molecular flexibility index (Phi) is 5.99. The molecular formula is C22H26Cl2F2N2O3. The molecule has 0 heterocycles. The van der Waals surface area contributed by atoms with Crippen molar-refractivity contribution in [1.29, 1.82) is 0 Å². The topological polar surface area (TPSA) is 78.4 Å². The Morgan fingerprint density at radius 3 is 2.45 bits per heavy atom. The molecule has 1 aromatic carbocycles. The van der Waals surface area contributed by atoms with E-state index in [4.69, 9.17) is 23.2 Å². The SMILES string of the molecule is CC(=O)N[C@H]1C[C@H](C(=O)N[C@H](c2c(F)ccc(Cl)c2Cl)C23CCC(F)(CC2)C3)C[C@H]1O. The van der Waals surface area contributed by atoms with Gasteiger partial charge in [-0.1, -0.05) is 23.2 Å². The first kappa shape index (κ1) is 22.7. The number of alkyl halides is 1. The normalized spacial score (nSPS) is 35.2. The molecule has 1 aromatic rings. The van der Waals surface area contributed by atoms with Crippen molar-refractivity contribution < 1.29 is 23.5 Å². The van der Waals surface area contributed by atoms with Gasteiger partial charge in [0.25, 0.3) is 0 Å². The summed E-state index contributed by atoms with van der Waals surface area (Å²) in [7, 11) is 0. The molecule has 31 heavy (non-hydrogen) atoms. The molecule has 3 aliphatic carbocycles. The van der Waals surface area contributed by atoms with Gasteiger partial charge in [-0.25, -0.2) is 8.78 Å². The van der Waals surface area contributed by atoms with Crippen LogP contribution in [-0.4, -0.2) is 34.7 Å². The second kappa shape index (κ2) is 8.16. The lowest BCUT2D eigenvalue weighted by Crippen LogP contribution is -2.42. The van der Waals surface area contributed by atoms with Crippen molar-refractivity contribution in [2.24, 2.45) is 11.3 Å². The summed E-state index contributed by atoms with van der Waals surface area (Å²) in [4.78, 5) is 24.5. The van der Waals surface area contributed by atoms with Gasteiger partial charge in [-0.2, -0.15) is 0 Å². The van der Waals surface area contributed by atoms with E-state index >= 15 is 4.39 Å². The minimum absolute atomic E-state index is 0.0205. The molecule has 4 rings (SSSR count). The molecule has 3 saturated carbocycles. The summed E-state index contributed by atoms with van der Waals surface area (Å²) in [6.45, 7) is 1.35. The van der Waals surface area contributed by atoms with E-state index in [1.54, 1.807) is 0 Å². The number of hydrogen-bond donors (Lipinski definition) is 3. The van der Waals surface area contributed by atoms with Crippen molar-refractivity contribution in [3.8, 4) is 0 Å². The zero-order valence-corrected chi connectivity index (χ0v) is 18.7. The number of halogens is 4. The molecule has 3 fully saturated rings. The number of aliphatic hydroxyl groups is 1. The smallest absolute Gasteiger partial charge is 0.223 e. The van der Waals surface area contributed by atoms with Crippen LogP contribution in [0.4, 0.5) is 8.78 Å². The van der Waals surface area contributed by atoms with E-state index < -0.39 is 41.0 Å². The Morgan fingerprint density at radius 2 is 1.87 bits per heavy atom. The molecule has 9 heteroatoms. The molecule has 0 aromatic heterocycles. The Balaban J connectivity index is 1.63. The van der Waals surface area contributed by atoms with Gasteiger partial charge in [0.05, 0.1) is 28.2 Å². The summed E-state index contributed by atoms with van der Waals surface area (Å²) in [5.74, 6) is -1.82. The molecule has 3 N–H and O–H groups in total. The molecule has 0 unspecified atom stereocenters. The van der Waals surface area contributed by atoms with E-state index in [9.17, 15) is 19.1 Å². The minimum Gasteiger partial charge on any atom is -0.391 e. The van der Waals surface area contributed by atoms with Gasteiger partial charge in [0, 0.05) is 18.4 Å². The van der Waals surface area contributed by atoms with Gasteiger partial charge in [-0.3, -0.25) is 9.59 Å². The molecule has 0 spiro atoms. The van der Waals surface area contributed by atoms with Crippen molar-refractivity contribution in [1.82, 2.24) is 10.6 Å². The highest BCUT2D eigenvalue weighted by molar-refractivity contribution is 6.42. The highest BCUT2D eigenvalue weighted by Crippen LogP contribution is 2.64. The lowest BCUT2D eigenvalue weighted by atomic mass is 9.74. The standard InChI is InChI=1S/C22H26Cl2F2N2O3/c1-11(29)27-15-8-12(9-16(15)30)20(31)28-19(17-14(25)3-2-13(23)18(17)24)21-4-6-22(26,10-21)7-5-21/h2-3,12,15-16,19,30H,4-10H2,1H3,(H,27,29)(H,28,31)/t12-,15-,16+,19+,21?,22?/m0/s1. The molecule has 2 amide bonds. The summed E-state index contributed by atoms with van der Waals surface area (Å²) >= 11 is 12.5. The zero-order chi connectivity index (χ0) is 22.6. The van der Waals surface area contributed by atoms with Crippen LogP contribution >= 0.6 is 23.2 Å². The van der Waals surface area contributed by atoms with Crippen molar-refractivity contribution in [3.05, 3.63) is 33.6 Å². The zero-order valence-electron chi connectivity index (χ0n) is 17.2. The third kappa shape index (κ3) is 4.16. The van der Waals surface area contributed by atoms with Gasteiger partial charge in [0.1, 0.15) is 11.5 Å². The quantitative estimate of drug-likeness (QED) is 0.558. The maximum Gasteiger partial charge on any atom is 0.223 e. The molecular weight excluding hydrogens is 449 g/mol. The Morgan fingerprint density at radius 1 is 1.19 bits per heavy atom. The predicted octanol–water partition coefficient (Wildman–Crippen LogP) is 4.24. The molecule has 0 radical (unpaired) electrons. The van der Waals surface area contributed by atoms with Crippen LogP contribution < -0.4 is 10.6 Å². The molecule has 2 bridgehead atoms. The monoisotopic (exact) mass is 474 g/mol. The van der Waals surface area contributed by atoms with Gasteiger partial charge >= 0.3 is 0 Å². The van der Waals surface area contributed by atoms with Crippen molar-refractivity contribution >= 4 is 35.0 Å². The fourth-order valence-electron chi connectivity index (χ4n) is 5.82. The molecule has 5 nitrogen and oxygen atoms in total. The van der Waals surface area contributed by atoms with Gasteiger partial charge in [0.2, 0.25) is 11.8 Å². The molecule has 3 aliphatic rings. The maximum absolute atomic E-state index is 15.0. The van der Waals surface area contributed by atoms with Crippen molar-refractivity contribution in [2.45, 2.75) is 75.7 Å². The number of carbonyl (C=O) groups is 2. The third-order valence-electron chi connectivity index (χ3n) is 7.37. The van der Waals surface area contributed by atoms with Crippen LogP contribution in [0.3, 0.4) is 0 Å². The van der Waals surface area contributed by atoms with Gasteiger partial charge in [0.15, 0.2) is 0 Å². The van der Waals surface area contributed by atoms with Crippen LogP contribution in [0.25, 0.3) is 0 Å². The first-order valence-electron chi connectivity index (χ1n) is 10.6. The van der Waals surface area contributed by atoms with Gasteiger partial charge in [-0.05, 0) is 62.5 Å². The summed E-state index contributed by atoms with van der Waals surface area (Å²) in [6.07, 6.45) is 1.59. The summed E-state index contributed by atoms with van der Waals surface area (Å²) in [6, 6.07) is 1.21. The van der Waals surface area contributed by atoms with Crippen LogP contribution in [-0.2, 0) is 9.59 Å². The lowest BCUT2D eigenvalue weighted by Gasteiger charge is -2.38. The van der Waals surface area contributed by atoms with Crippen LogP contribution in [0.1, 0.15) is 63.5 Å². The minimum atomic E-state index is -1.30. The Labute approximate surface area is 189 Å². The second-order valence-electron chi connectivity index (χ2n) is 9.43. The number of hydrogen-bond acceptors (Lipinski definition) is 3. The van der Waals surface area contributed by atoms with Gasteiger partial charge < -0.3 is 15.7 Å². The van der Waals surface area contributed by atoms with Crippen LogP contribution in [0.2, 0.25) is 10.0 Å². The second-order valence-corrected chi connectivity index (χ2v) is 10.2. The third-order valence-corrected chi connectivity index (χ3v) is 8.19. The molecule has 0 saturated heterocycles. The number of carbonyl (C=O) groups excluding carboxylic acids is 2. The van der Waals surface area contributed by atoms with Crippen LogP contribution in [0.5, 0.6) is 0 Å². The van der Waals surface area contributed by atoms with Crippen molar-refractivity contribution in [3.63, 3.8) is 0 Å². The highest BCUT2D eigenvalue weighted by Gasteiger charge is 2.59. The first-order valence-corrected chi connectivity index (χ1v) is 11.4. The number of benzene rings is 1. The lowest BCUT2D eigenvalue weighted by molar-refractivity contribution is -0.127. The number of nitrogens with one attached hydrogen (secondary N) is 2. The molecule has 0 aliphatic heterocycles. The summed E-state index contributed by atoms with van der Waals surface area (Å²) < 4.78 is 30.0. The van der Waals surface area contributed by atoms with E-state index in [-0.39, 0.29) is 46.7 Å². The fourth-order valence-corrected chi connectivity index (χ4v) is 6.24. The Hall–Kier alpha value is -1.44. The highest BCUT2D eigenvalue weighted by atomic mass is 35.5. The van der Waals surface area contributed by atoms with Crippen LogP contribution in [0.15, 0.2) is 12.1 Å². The number of rotatable bonds is 5. The number of aliphatic hydroxyl groups excluding tert-OH is 1. The van der Waals surface area contributed by atoms with E-state index in [0.717, 1.165) is 0 Å². The average Bonchev–Trinajstić information content (AvgIpc) is 3.35. The fraction of sp³-hybridized carbons (Fsp3) is 0.636. The summed E-state index contributed by atoms with van der Waals surface area (Å²) in [5, 5.41) is 16.0.